The molecule has 0 saturated carbocycles. The molecule has 0 aliphatic rings. The number of carbonyl (C=O) groups is 2. The van der Waals surface area contributed by atoms with Crippen molar-refractivity contribution in [3.8, 4) is 16.9 Å². The van der Waals surface area contributed by atoms with Gasteiger partial charge in [-0.3, -0.25) is 14.4 Å². The zero-order chi connectivity index (χ0) is 29.1. The van der Waals surface area contributed by atoms with Gasteiger partial charge in [0.15, 0.2) is 11.6 Å². The Labute approximate surface area is 238 Å². The summed E-state index contributed by atoms with van der Waals surface area (Å²) in [6.45, 7) is 6.90. The Kier molecular flexibility index (Phi) is 11.9. The minimum absolute atomic E-state index is 0.128. The molecular formula is C30H35F2N3O4S. The van der Waals surface area contributed by atoms with Gasteiger partial charge in [-0.2, -0.15) is 0 Å². The monoisotopic (exact) mass is 571 g/mol. The highest BCUT2D eigenvalue weighted by molar-refractivity contribution is 7.98. The lowest BCUT2D eigenvalue weighted by Crippen LogP contribution is -2.44. The van der Waals surface area contributed by atoms with Crippen LogP contribution < -0.4 is 10.2 Å². The number of halogens is 2. The van der Waals surface area contributed by atoms with E-state index in [-0.39, 0.29) is 19.1 Å². The van der Waals surface area contributed by atoms with E-state index in [2.05, 4.69) is 24.2 Å². The number of hydrogen-bond donors (Lipinski definition) is 1. The molecule has 0 bridgehead atoms. The van der Waals surface area contributed by atoms with Gasteiger partial charge in [-0.15, -0.1) is 11.8 Å². The van der Waals surface area contributed by atoms with E-state index in [1.165, 1.54) is 35.9 Å². The summed E-state index contributed by atoms with van der Waals surface area (Å²) in [6, 6.07) is 16.6. The largest absolute Gasteiger partial charge is 0.489 e. The number of thioether (sulfide) groups is 1. The molecule has 214 valence electrons. The Morgan fingerprint density at radius 2 is 1.65 bits per heavy atom. The van der Waals surface area contributed by atoms with Gasteiger partial charge in [0.05, 0.1) is 7.11 Å². The van der Waals surface area contributed by atoms with Crippen LogP contribution in [0, 0.1) is 11.6 Å². The molecule has 0 atom stereocenters. The fraction of sp³-hybridized carbons (Fsp3) is 0.333. The van der Waals surface area contributed by atoms with E-state index in [1.54, 1.807) is 42.5 Å². The standard InChI is InChI=1S/C30H35F2N3O4S/c1-5-34(6-2)14-15-35(19-29(36)33-38-3)30(37)23-9-7-8-21(16-23)20-39-24-12-10-22(11-13-24)25-17-26(31)27(32)18-28(25)40-4/h7-13,16-18H,5-6,14-15,19-20H2,1-4H3,(H,33,36). The van der Waals surface area contributed by atoms with Gasteiger partial charge in [0.25, 0.3) is 11.8 Å². The van der Waals surface area contributed by atoms with Gasteiger partial charge in [-0.05, 0) is 72.4 Å². The molecule has 1 N–H and O–H groups in total. The summed E-state index contributed by atoms with van der Waals surface area (Å²) in [5, 5.41) is 0. The highest BCUT2D eigenvalue weighted by Gasteiger charge is 2.20. The number of nitrogens with one attached hydrogen (secondary N) is 1. The number of rotatable bonds is 14. The second kappa shape index (κ2) is 15.4. The van der Waals surface area contributed by atoms with E-state index >= 15 is 0 Å². The van der Waals surface area contributed by atoms with Crippen LogP contribution in [-0.2, 0) is 16.2 Å². The van der Waals surface area contributed by atoms with Crippen molar-refractivity contribution < 1.29 is 27.9 Å². The number of amides is 2. The van der Waals surface area contributed by atoms with Crippen LogP contribution in [-0.4, -0.2) is 67.7 Å². The second-order valence-electron chi connectivity index (χ2n) is 8.96. The van der Waals surface area contributed by atoms with Gasteiger partial charge in [-0.25, -0.2) is 14.3 Å². The summed E-state index contributed by atoms with van der Waals surface area (Å²) >= 11 is 1.34. The first-order valence-electron chi connectivity index (χ1n) is 13.0. The summed E-state index contributed by atoms with van der Waals surface area (Å²) in [5.41, 5.74) is 4.85. The van der Waals surface area contributed by atoms with E-state index in [1.807, 2.05) is 12.3 Å². The Bertz CT molecular complexity index is 1290. The van der Waals surface area contributed by atoms with Crippen LogP contribution in [0.15, 0.2) is 65.6 Å². The van der Waals surface area contributed by atoms with E-state index in [0.29, 0.717) is 34.9 Å². The molecule has 0 heterocycles. The fourth-order valence-corrected chi connectivity index (χ4v) is 4.79. The van der Waals surface area contributed by atoms with Crippen molar-refractivity contribution in [2.75, 3.05) is 46.1 Å². The third-order valence-corrected chi connectivity index (χ3v) is 7.18. The van der Waals surface area contributed by atoms with Crippen LogP contribution in [0.3, 0.4) is 0 Å². The quantitative estimate of drug-likeness (QED) is 0.207. The van der Waals surface area contributed by atoms with Crippen molar-refractivity contribution in [1.29, 1.82) is 0 Å². The van der Waals surface area contributed by atoms with E-state index in [9.17, 15) is 18.4 Å². The molecule has 0 aliphatic heterocycles. The van der Waals surface area contributed by atoms with E-state index in [0.717, 1.165) is 24.2 Å². The van der Waals surface area contributed by atoms with Gasteiger partial charge >= 0.3 is 0 Å². The van der Waals surface area contributed by atoms with Gasteiger partial charge in [0.2, 0.25) is 0 Å². The van der Waals surface area contributed by atoms with Crippen molar-refractivity contribution in [2.45, 2.75) is 25.3 Å². The molecule has 0 aliphatic carbocycles. The maximum absolute atomic E-state index is 13.9. The average molecular weight is 572 g/mol. The topological polar surface area (TPSA) is 71.1 Å². The molecule has 3 rings (SSSR count). The zero-order valence-electron chi connectivity index (χ0n) is 23.2. The van der Waals surface area contributed by atoms with Crippen LogP contribution in [0.25, 0.3) is 11.1 Å². The van der Waals surface area contributed by atoms with Crippen molar-refractivity contribution in [2.24, 2.45) is 0 Å². The molecule has 7 nitrogen and oxygen atoms in total. The van der Waals surface area contributed by atoms with Crippen molar-refractivity contribution >= 4 is 23.6 Å². The summed E-state index contributed by atoms with van der Waals surface area (Å²) in [4.78, 5) is 34.6. The first-order chi connectivity index (χ1) is 19.3. The maximum Gasteiger partial charge on any atom is 0.263 e. The van der Waals surface area contributed by atoms with Gasteiger partial charge in [-0.1, -0.05) is 38.1 Å². The molecular weight excluding hydrogens is 536 g/mol. The van der Waals surface area contributed by atoms with Crippen molar-refractivity contribution in [3.05, 3.63) is 83.4 Å². The van der Waals surface area contributed by atoms with Gasteiger partial charge < -0.3 is 14.5 Å². The van der Waals surface area contributed by atoms with Crippen LogP contribution >= 0.6 is 11.8 Å². The van der Waals surface area contributed by atoms with Crippen LogP contribution in [0.1, 0.15) is 29.8 Å². The second-order valence-corrected chi connectivity index (χ2v) is 9.81. The Morgan fingerprint density at radius 1 is 0.950 bits per heavy atom. The molecule has 10 heteroatoms. The molecule has 0 aromatic heterocycles. The number of hydrogen-bond acceptors (Lipinski definition) is 6. The molecule has 0 radical (unpaired) electrons. The Hall–Kier alpha value is -3.47. The molecule has 40 heavy (non-hydrogen) atoms. The van der Waals surface area contributed by atoms with E-state index in [4.69, 9.17) is 9.57 Å². The lowest BCUT2D eigenvalue weighted by Gasteiger charge is -2.26. The molecule has 0 saturated heterocycles. The van der Waals surface area contributed by atoms with Crippen LogP contribution in [0.2, 0.25) is 0 Å². The molecule has 0 unspecified atom stereocenters. The number of benzene rings is 3. The number of carbonyl (C=O) groups excluding carboxylic acids is 2. The Morgan fingerprint density at radius 3 is 2.30 bits per heavy atom. The SMILES string of the molecule is CCN(CC)CCN(CC(=O)NOC)C(=O)c1cccc(COc2ccc(-c3cc(F)c(F)cc3SC)cc2)c1. The number of nitrogens with zero attached hydrogens (tertiary/aromatic N) is 2. The lowest BCUT2D eigenvalue weighted by molar-refractivity contribution is -0.132. The first-order valence-corrected chi connectivity index (χ1v) is 14.2. The molecule has 0 spiro atoms. The fourth-order valence-electron chi connectivity index (χ4n) is 4.17. The first kappa shape index (κ1) is 31.1. The normalized spacial score (nSPS) is 11.0. The van der Waals surface area contributed by atoms with Crippen LogP contribution in [0.5, 0.6) is 5.75 Å². The van der Waals surface area contributed by atoms with Crippen molar-refractivity contribution in [3.63, 3.8) is 0 Å². The Balaban J connectivity index is 1.70. The molecule has 0 fully saturated rings. The smallest absolute Gasteiger partial charge is 0.263 e. The maximum atomic E-state index is 13.9. The third-order valence-electron chi connectivity index (χ3n) is 6.41. The van der Waals surface area contributed by atoms with Gasteiger partial charge in [0.1, 0.15) is 18.9 Å². The zero-order valence-corrected chi connectivity index (χ0v) is 24.0. The van der Waals surface area contributed by atoms with E-state index < -0.39 is 17.5 Å². The predicted octanol–water partition coefficient (Wildman–Crippen LogP) is 5.39. The molecule has 3 aromatic rings. The highest BCUT2D eigenvalue weighted by atomic mass is 32.2. The molecule has 2 amide bonds. The van der Waals surface area contributed by atoms with Gasteiger partial charge in [0, 0.05) is 23.5 Å². The third kappa shape index (κ3) is 8.51. The predicted molar refractivity (Wildman–Crippen MR) is 153 cm³/mol. The highest BCUT2D eigenvalue weighted by Crippen LogP contribution is 2.33. The number of ether oxygens (including phenoxy) is 1. The van der Waals surface area contributed by atoms with Crippen molar-refractivity contribution in [1.82, 2.24) is 15.3 Å². The lowest BCUT2D eigenvalue weighted by atomic mass is 10.1. The van der Waals surface area contributed by atoms with Crippen LogP contribution in [0.4, 0.5) is 8.78 Å². The number of likely N-dealkylation sites (N-methyl/N-ethyl adjacent to an activating group) is 1. The summed E-state index contributed by atoms with van der Waals surface area (Å²) < 4.78 is 33.4. The minimum Gasteiger partial charge on any atom is -0.489 e. The summed E-state index contributed by atoms with van der Waals surface area (Å²) in [5.74, 6) is -1.86. The minimum atomic E-state index is -0.895. The molecule has 3 aromatic carbocycles. The summed E-state index contributed by atoms with van der Waals surface area (Å²) in [7, 11) is 1.35. The summed E-state index contributed by atoms with van der Waals surface area (Å²) in [6.07, 6.45) is 1.81. The number of hydroxylamine groups is 1. The average Bonchev–Trinajstić information content (AvgIpc) is 2.97.